The second-order valence-corrected chi connectivity index (χ2v) is 4.28. The third-order valence-corrected chi connectivity index (χ3v) is 3.21. The zero-order valence-electron chi connectivity index (χ0n) is 9.09. The predicted molar refractivity (Wildman–Crippen MR) is 57.8 cm³/mol. The smallest absolute Gasteiger partial charge is 0.219 e. The van der Waals surface area contributed by atoms with Crippen molar-refractivity contribution in [1.82, 2.24) is 5.32 Å². The maximum atomic E-state index is 11.0. The van der Waals surface area contributed by atoms with E-state index in [4.69, 9.17) is 5.73 Å². The zero-order chi connectivity index (χ0) is 10.4. The van der Waals surface area contributed by atoms with Crippen LogP contribution in [-0.2, 0) is 4.79 Å². The molecule has 1 aliphatic rings. The molecule has 0 bridgehead atoms. The summed E-state index contributed by atoms with van der Waals surface area (Å²) in [5.41, 5.74) is 5.62. The van der Waals surface area contributed by atoms with E-state index in [0.717, 1.165) is 19.0 Å². The fraction of sp³-hybridized carbons (Fsp3) is 0.909. The Balaban J connectivity index is 2.13. The summed E-state index contributed by atoms with van der Waals surface area (Å²) >= 11 is 0. The number of carbonyl (C=O) groups excluding carboxylic acids is 1. The first kappa shape index (κ1) is 11.5. The molecule has 0 heterocycles. The normalized spacial score (nSPS) is 27.3. The number of nitrogens with one attached hydrogen (secondary N) is 1. The third kappa shape index (κ3) is 3.66. The highest BCUT2D eigenvalue weighted by molar-refractivity contribution is 5.75. The minimum absolute atomic E-state index is 0.172. The van der Waals surface area contributed by atoms with Gasteiger partial charge in [0.05, 0.1) is 0 Å². The van der Waals surface area contributed by atoms with E-state index in [-0.39, 0.29) is 5.91 Å². The first-order valence-electron chi connectivity index (χ1n) is 5.73. The Labute approximate surface area is 86.4 Å². The molecule has 1 fully saturated rings. The van der Waals surface area contributed by atoms with E-state index in [9.17, 15) is 4.79 Å². The maximum absolute atomic E-state index is 11.0. The zero-order valence-corrected chi connectivity index (χ0v) is 9.09. The van der Waals surface area contributed by atoms with Gasteiger partial charge >= 0.3 is 0 Å². The fourth-order valence-electron chi connectivity index (χ4n) is 2.05. The first-order chi connectivity index (χ1) is 6.76. The Morgan fingerprint density at radius 2 is 1.86 bits per heavy atom. The van der Waals surface area contributed by atoms with E-state index in [1.54, 1.807) is 0 Å². The number of carbonyl (C=O) groups is 1. The average molecular weight is 198 g/mol. The number of rotatable bonds is 4. The van der Waals surface area contributed by atoms with Gasteiger partial charge in [0.2, 0.25) is 5.91 Å². The van der Waals surface area contributed by atoms with Gasteiger partial charge in [-0.2, -0.15) is 0 Å². The fourth-order valence-corrected chi connectivity index (χ4v) is 2.05. The van der Waals surface area contributed by atoms with Gasteiger partial charge in [0.1, 0.15) is 0 Å². The SMILES string of the molecule is CCC(=O)NCC1CCC(CN)CC1. The summed E-state index contributed by atoms with van der Waals surface area (Å²) in [6.07, 6.45) is 5.53. The highest BCUT2D eigenvalue weighted by Crippen LogP contribution is 2.27. The first-order valence-corrected chi connectivity index (χ1v) is 5.73. The number of hydrogen-bond donors (Lipinski definition) is 2. The maximum Gasteiger partial charge on any atom is 0.219 e. The van der Waals surface area contributed by atoms with Gasteiger partial charge in [-0.1, -0.05) is 6.92 Å². The lowest BCUT2D eigenvalue weighted by molar-refractivity contribution is -0.121. The van der Waals surface area contributed by atoms with Gasteiger partial charge < -0.3 is 11.1 Å². The summed E-state index contributed by atoms with van der Waals surface area (Å²) in [6.45, 7) is 3.58. The molecule has 0 aliphatic heterocycles. The molecule has 1 amide bonds. The van der Waals surface area contributed by atoms with Crippen LogP contribution >= 0.6 is 0 Å². The van der Waals surface area contributed by atoms with Gasteiger partial charge in [-0.25, -0.2) is 0 Å². The van der Waals surface area contributed by atoms with E-state index in [2.05, 4.69) is 5.32 Å². The quantitative estimate of drug-likeness (QED) is 0.715. The molecule has 0 saturated heterocycles. The van der Waals surface area contributed by atoms with Crippen LogP contribution in [0.25, 0.3) is 0 Å². The molecule has 82 valence electrons. The second kappa shape index (κ2) is 6.02. The Kier molecular flexibility index (Phi) is 4.94. The van der Waals surface area contributed by atoms with E-state index in [0.29, 0.717) is 12.3 Å². The van der Waals surface area contributed by atoms with Gasteiger partial charge in [-0.15, -0.1) is 0 Å². The van der Waals surface area contributed by atoms with Crippen LogP contribution in [0.3, 0.4) is 0 Å². The molecule has 0 atom stereocenters. The molecule has 0 aromatic heterocycles. The predicted octanol–water partition coefficient (Wildman–Crippen LogP) is 1.28. The lowest BCUT2D eigenvalue weighted by atomic mass is 9.82. The van der Waals surface area contributed by atoms with Gasteiger partial charge in [-0.3, -0.25) is 4.79 Å². The molecule has 1 aliphatic carbocycles. The summed E-state index contributed by atoms with van der Waals surface area (Å²) < 4.78 is 0. The molecule has 14 heavy (non-hydrogen) atoms. The van der Waals surface area contributed by atoms with Gasteiger partial charge in [0.25, 0.3) is 0 Å². The van der Waals surface area contributed by atoms with Crippen molar-refractivity contribution < 1.29 is 4.79 Å². The van der Waals surface area contributed by atoms with Crippen molar-refractivity contribution in [2.75, 3.05) is 13.1 Å². The van der Waals surface area contributed by atoms with Crippen LogP contribution in [0.4, 0.5) is 0 Å². The van der Waals surface area contributed by atoms with Gasteiger partial charge in [0, 0.05) is 13.0 Å². The Morgan fingerprint density at radius 1 is 1.29 bits per heavy atom. The van der Waals surface area contributed by atoms with E-state index in [1.807, 2.05) is 6.92 Å². The van der Waals surface area contributed by atoms with Crippen molar-refractivity contribution >= 4 is 5.91 Å². The van der Waals surface area contributed by atoms with Crippen LogP contribution in [-0.4, -0.2) is 19.0 Å². The van der Waals surface area contributed by atoms with Crippen molar-refractivity contribution in [3.05, 3.63) is 0 Å². The largest absolute Gasteiger partial charge is 0.356 e. The van der Waals surface area contributed by atoms with Crippen LogP contribution < -0.4 is 11.1 Å². The second-order valence-electron chi connectivity index (χ2n) is 4.28. The lowest BCUT2D eigenvalue weighted by Gasteiger charge is -2.27. The monoisotopic (exact) mass is 198 g/mol. The Bertz CT molecular complexity index is 174. The standard InChI is InChI=1S/C11H22N2O/c1-2-11(14)13-8-10-5-3-9(7-12)4-6-10/h9-10H,2-8,12H2,1H3,(H,13,14). The molecule has 0 aromatic rings. The summed E-state index contributed by atoms with van der Waals surface area (Å²) in [6, 6.07) is 0. The number of amides is 1. The molecule has 0 radical (unpaired) electrons. The van der Waals surface area contributed by atoms with Crippen molar-refractivity contribution in [2.24, 2.45) is 17.6 Å². The average Bonchev–Trinajstić information content (AvgIpc) is 2.26. The third-order valence-electron chi connectivity index (χ3n) is 3.21. The van der Waals surface area contributed by atoms with Gasteiger partial charge in [0.15, 0.2) is 0 Å². The number of hydrogen-bond acceptors (Lipinski definition) is 2. The van der Waals surface area contributed by atoms with Crippen LogP contribution in [0.15, 0.2) is 0 Å². The molecule has 3 heteroatoms. The van der Waals surface area contributed by atoms with Crippen LogP contribution in [0.2, 0.25) is 0 Å². The molecular weight excluding hydrogens is 176 g/mol. The van der Waals surface area contributed by atoms with E-state index >= 15 is 0 Å². The molecule has 1 saturated carbocycles. The molecule has 0 unspecified atom stereocenters. The number of nitrogens with two attached hydrogens (primary N) is 1. The lowest BCUT2D eigenvalue weighted by Crippen LogP contribution is -2.31. The highest BCUT2D eigenvalue weighted by atomic mass is 16.1. The van der Waals surface area contributed by atoms with E-state index < -0.39 is 0 Å². The highest BCUT2D eigenvalue weighted by Gasteiger charge is 2.20. The van der Waals surface area contributed by atoms with E-state index in [1.165, 1.54) is 25.7 Å². The van der Waals surface area contributed by atoms with Crippen LogP contribution in [0, 0.1) is 11.8 Å². The molecular formula is C11H22N2O. The summed E-state index contributed by atoms with van der Waals surface area (Å²) in [5.74, 6) is 1.59. The van der Waals surface area contributed by atoms with Crippen molar-refractivity contribution in [3.8, 4) is 0 Å². The van der Waals surface area contributed by atoms with Crippen molar-refractivity contribution in [3.63, 3.8) is 0 Å². The van der Waals surface area contributed by atoms with Gasteiger partial charge in [-0.05, 0) is 44.1 Å². The van der Waals surface area contributed by atoms with Crippen molar-refractivity contribution in [2.45, 2.75) is 39.0 Å². The molecule has 3 N–H and O–H groups in total. The molecule has 0 spiro atoms. The Morgan fingerprint density at radius 3 is 2.36 bits per heavy atom. The van der Waals surface area contributed by atoms with Crippen molar-refractivity contribution in [1.29, 1.82) is 0 Å². The minimum atomic E-state index is 0.172. The molecule has 1 rings (SSSR count). The minimum Gasteiger partial charge on any atom is -0.356 e. The topological polar surface area (TPSA) is 55.1 Å². The summed E-state index contributed by atoms with van der Waals surface area (Å²) in [5, 5.41) is 2.96. The summed E-state index contributed by atoms with van der Waals surface area (Å²) in [4.78, 5) is 11.0. The van der Waals surface area contributed by atoms with Crippen LogP contribution in [0.5, 0.6) is 0 Å². The van der Waals surface area contributed by atoms with Crippen LogP contribution in [0.1, 0.15) is 39.0 Å². The summed E-state index contributed by atoms with van der Waals surface area (Å²) in [7, 11) is 0. The molecule has 0 aromatic carbocycles. The Hall–Kier alpha value is -0.570. The molecule has 3 nitrogen and oxygen atoms in total.